The number of halogens is 4. The quantitative estimate of drug-likeness (QED) is 0.132. The number of esters is 3. The third-order valence-corrected chi connectivity index (χ3v) is 12.1. The lowest BCUT2D eigenvalue weighted by Gasteiger charge is -2.28. The number of ether oxygens (including phenoxy) is 3. The van der Waals surface area contributed by atoms with E-state index in [1.54, 1.807) is 6.92 Å². The van der Waals surface area contributed by atoms with Crippen molar-refractivity contribution in [3.8, 4) is 0 Å². The summed E-state index contributed by atoms with van der Waals surface area (Å²) < 4.78 is 19.0. The van der Waals surface area contributed by atoms with Gasteiger partial charge in [0.25, 0.3) is 0 Å². The van der Waals surface area contributed by atoms with Crippen LogP contribution in [0.2, 0.25) is 0 Å². The van der Waals surface area contributed by atoms with Gasteiger partial charge in [-0.3, -0.25) is 4.79 Å². The second kappa shape index (κ2) is 17.8. The summed E-state index contributed by atoms with van der Waals surface area (Å²) >= 11 is 14.3. The smallest absolute Gasteiger partial charge is 0.337 e. The molecule has 13 heteroatoms. The van der Waals surface area contributed by atoms with Crippen molar-refractivity contribution >= 4 is 115 Å². The van der Waals surface area contributed by atoms with Crippen LogP contribution in [-0.2, 0) is 28.6 Å². The molecule has 4 N–H and O–H groups in total. The summed E-state index contributed by atoms with van der Waals surface area (Å²) in [6.07, 6.45) is 0. The summed E-state index contributed by atoms with van der Waals surface area (Å²) in [4.78, 5) is 34.8. The van der Waals surface area contributed by atoms with Gasteiger partial charge in [-0.2, -0.15) is 0 Å². The zero-order valence-corrected chi connectivity index (χ0v) is 38.0. The van der Waals surface area contributed by atoms with E-state index in [2.05, 4.69) is 152 Å². The monoisotopic (exact) mass is 1040 g/mol. The largest absolute Gasteiger partial charge is 0.466 e. The number of cyclic esters (lactones) is 2. The van der Waals surface area contributed by atoms with Crippen molar-refractivity contribution in [2.75, 3.05) is 30.5 Å². The molecule has 4 heterocycles. The van der Waals surface area contributed by atoms with Gasteiger partial charge in [0.1, 0.15) is 13.2 Å². The van der Waals surface area contributed by atoms with Crippen LogP contribution in [0.25, 0.3) is 21.5 Å². The molecule has 4 aliphatic heterocycles. The van der Waals surface area contributed by atoms with Crippen LogP contribution in [0.5, 0.6) is 0 Å². The highest BCUT2D eigenvalue weighted by Gasteiger charge is 2.40. The highest BCUT2D eigenvalue weighted by Crippen LogP contribution is 2.49. The molecular weight excluding hydrogens is 1010 g/mol. The summed E-state index contributed by atoms with van der Waals surface area (Å²) in [6.45, 7) is 4.24. The Hall–Kier alpha value is -4.79. The molecule has 2 atom stereocenters. The molecule has 10 rings (SSSR count). The maximum atomic E-state index is 12.5. The van der Waals surface area contributed by atoms with Crippen molar-refractivity contribution < 1.29 is 34.1 Å². The molecule has 0 radical (unpaired) electrons. The molecule has 0 amide bonds. The first kappa shape index (κ1) is 42.3. The van der Waals surface area contributed by atoms with Crippen LogP contribution >= 0.6 is 63.7 Å². The van der Waals surface area contributed by atoms with E-state index in [1.165, 1.54) is 17.7 Å². The Bertz CT molecular complexity index is 2530. The normalized spacial score (nSPS) is 17.0. The topological polar surface area (TPSA) is 134 Å². The van der Waals surface area contributed by atoms with Crippen molar-refractivity contribution in [1.29, 1.82) is 0 Å². The number of hydrogen-bond acceptors (Lipinski definition) is 8. The number of anilines is 2. The first-order valence-electron chi connectivity index (χ1n) is 18.4. The number of fused-ring (bicyclic) bond motifs is 6. The Kier molecular flexibility index (Phi) is 12.8. The predicted molar refractivity (Wildman–Crippen MR) is 244 cm³/mol. The van der Waals surface area contributed by atoms with E-state index in [4.69, 9.17) is 9.47 Å². The molecule has 6 aromatic carbocycles. The number of carbonyl (C=O) groups is 3. The highest BCUT2D eigenvalue weighted by atomic mass is 79.9. The first-order valence-corrected chi connectivity index (χ1v) is 21.6. The van der Waals surface area contributed by atoms with Gasteiger partial charge in [0.2, 0.25) is 0 Å². The highest BCUT2D eigenvalue weighted by molar-refractivity contribution is 9.11. The minimum Gasteiger partial charge on any atom is -0.466 e. The maximum Gasteiger partial charge on any atom is 0.337 e. The van der Waals surface area contributed by atoms with Gasteiger partial charge in [0.15, 0.2) is 0 Å². The second-order valence-corrected chi connectivity index (χ2v) is 17.5. The molecule has 4 aliphatic rings. The Morgan fingerprint density at radius 2 is 1.02 bits per heavy atom. The lowest BCUT2D eigenvalue weighted by atomic mass is 9.80. The molecule has 0 saturated heterocycles. The molecule has 0 spiro atoms. The van der Waals surface area contributed by atoms with Gasteiger partial charge in [-0.25, -0.2) is 9.59 Å². The standard InChI is InChI=1S/2C21H13Br2NO2.C4H8O2.H2O/c2*22-13-7-12(8-14(23)9-13)18-16-6-5-11-3-1-2-4-15(11)20(16)24-17-10-26-21(25)19(17)18;1-3-6-4(2)5;/h2*1-9,18,24H,10H2;3H2,1-2H3;1H2/t2*18-;;/m00../s1. The molecule has 0 aromatic heterocycles. The summed E-state index contributed by atoms with van der Waals surface area (Å²) in [5.74, 6) is -1.01. The SMILES string of the molecule is CCOC(C)=O.O.O=C1OCC2=C1[C@@H](c1cc(Br)cc(Br)c1)c1ccc3ccccc3c1N2.O=C1OCC2=C1[C@@H](c1cc(Br)cc(Br)c1)c1ccc3ccccc3c1N2. The van der Waals surface area contributed by atoms with Gasteiger partial charge in [0, 0.05) is 47.4 Å². The van der Waals surface area contributed by atoms with Crippen LogP contribution < -0.4 is 10.6 Å². The molecule has 0 fully saturated rings. The van der Waals surface area contributed by atoms with Gasteiger partial charge in [-0.1, -0.05) is 137 Å². The maximum absolute atomic E-state index is 12.5. The lowest BCUT2D eigenvalue weighted by molar-refractivity contribution is -0.140. The summed E-state index contributed by atoms with van der Waals surface area (Å²) in [5.41, 5.74) is 9.53. The molecule has 0 bridgehead atoms. The number of benzene rings is 6. The number of rotatable bonds is 3. The minimum absolute atomic E-state index is 0. The molecule has 59 heavy (non-hydrogen) atoms. The second-order valence-electron chi connectivity index (χ2n) is 13.9. The lowest BCUT2D eigenvalue weighted by Crippen LogP contribution is -2.20. The molecule has 6 aromatic rings. The van der Waals surface area contributed by atoms with Gasteiger partial charge in [-0.05, 0) is 76.3 Å². The Morgan fingerprint density at radius 3 is 1.37 bits per heavy atom. The van der Waals surface area contributed by atoms with Crippen molar-refractivity contribution in [2.24, 2.45) is 0 Å². The van der Waals surface area contributed by atoms with E-state index in [1.807, 2.05) is 36.4 Å². The van der Waals surface area contributed by atoms with Gasteiger partial charge in [-0.15, -0.1) is 0 Å². The Labute approximate surface area is 374 Å². The van der Waals surface area contributed by atoms with Crippen LogP contribution in [0.1, 0.15) is 47.9 Å². The molecular formula is C46H36Br4N2O7. The first-order chi connectivity index (χ1) is 28.0. The summed E-state index contributed by atoms with van der Waals surface area (Å²) in [6, 6.07) is 37.3. The van der Waals surface area contributed by atoms with Crippen LogP contribution in [0.4, 0.5) is 11.4 Å². The average Bonchev–Trinajstić information content (AvgIpc) is 3.76. The fourth-order valence-corrected chi connectivity index (χ4v) is 10.6. The third kappa shape index (κ3) is 8.49. The Morgan fingerprint density at radius 1 is 0.627 bits per heavy atom. The van der Waals surface area contributed by atoms with Crippen molar-refractivity contribution in [2.45, 2.75) is 25.7 Å². The minimum atomic E-state index is -0.243. The van der Waals surface area contributed by atoms with Crippen LogP contribution in [0.3, 0.4) is 0 Å². The zero-order valence-electron chi connectivity index (χ0n) is 31.6. The van der Waals surface area contributed by atoms with E-state index in [0.717, 1.165) is 73.7 Å². The van der Waals surface area contributed by atoms with Crippen molar-refractivity contribution in [3.63, 3.8) is 0 Å². The van der Waals surface area contributed by atoms with E-state index < -0.39 is 0 Å². The molecule has 300 valence electrons. The van der Waals surface area contributed by atoms with Crippen LogP contribution in [0.15, 0.2) is 150 Å². The van der Waals surface area contributed by atoms with Crippen LogP contribution in [0, 0.1) is 0 Å². The fraction of sp³-hybridized carbons (Fsp3) is 0.152. The van der Waals surface area contributed by atoms with Crippen LogP contribution in [-0.4, -0.2) is 43.2 Å². The number of carbonyl (C=O) groups excluding carboxylic acids is 3. The zero-order chi connectivity index (χ0) is 40.7. The molecule has 9 nitrogen and oxygen atoms in total. The van der Waals surface area contributed by atoms with Crippen molar-refractivity contribution in [1.82, 2.24) is 0 Å². The van der Waals surface area contributed by atoms with Gasteiger partial charge < -0.3 is 30.3 Å². The third-order valence-electron chi connectivity index (χ3n) is 10.2. The van der Waals surface area contributed by atoms with Gasteiger partial charge >= 0.3 is 17.9 Å². The van der Waals surface area contributed by atoms with Crippen molar-refractivity contribution in [3.05, 3.63) is 172 Å². The van der Waals surface area contributed by atoms with E-state index >= 15 is 0 Å². The van der Waals surface area contributed by atoms with Gasteiger partial charge in [0.05, 0.1) is 40.5 Å². The van der Waals surface area contributed by atoms with E-state index in [-0.39, 0.29) is 35.2 Å². The molecule has 0 saturated carbocycles. The number of nitrogens with one attached hydrogen (secondary N) is 2. The predicted octanol–water partition coefficient (Wildman–Crippen LogP) is 11.2. The average molecular weight is 1050 g/mol. The fourth-order valence-electron chi connectivity index (χ4n) is 7.95. The summed E-state index contributed by atoms with van der Waals surface area (Å²) in [7, 11) is 0. The Balaban J connectivity index is 0.000000155. The summed E-state index contributed by atoms with van der Waals surface area (Å²) in [5, 5.41) is 11.6. The van der Waals surface area contributed by atoms with E-state index in [0.29, 0.717) is 31.0 Å². The molecule has 0 unspecified atom stereocenters. The molecule has 0 aliphatic carbocycles. The number of hydrogen-bond donors (Lipinski definition) is 2. The van der Waals surface area contributed by atoms with E-state index in [9.17, 15) is 14.4 Å².